The zero-order valence-corrected chi connectivity index (χ0v) is 17.5. The quantitative estimate of drug-likeness (QED) is 0.646. The van der Waals surface area contributed by atoms with Gasteiger partial charge >= 0.3 is 6.03 Å². The van der Waals surface area contributed by atoms with Crippen molar-refractivity contribution in [2.75, 3.05) is 17.2 Å². The van der Waals surface area contributed by atoms with Crippen LogP contribution < -0.4 is 16.0 Å². The number of benzene rings is 2. The lowest BCUT2D eigenvalue weighted by Gasteiger charge is -2.23. The summed E-state index contributed by atoms with van der Waals surface area (Å²) < 4.78 is 0. The van der Waals surface area contributed by atoms with Crippen molar-refractivity contribution < 1.29 is 19.2 Å². The van der Waals surface area contributed by atoms with Crippen molar-refractivity contribution in [3.63, 3.8) is 0 Å². The Morgan fingerprint density at radius 2 is 1.65 bits per heavy atom. The first-order valence-corrected chi connectivity index (χ1v) is 10.2. The van der Waals surface area contributed by atoms with Gasteiger partial charge in [-0.25, -0.2) is 4.79 Å². The summed E-state index contributed by atoms with van der Waals surface area (Å²) in [5, 5.41) is 8.05. The van der Waals surface area contributed by atoms with E-state index >= 15 is 0 Å². The average molecular weight is 420 g/mol. The molecule has 31 heavy (non-hydrogen) atoms. The average Bonchev–Trinajstić information content (AvgIpc) is 3.27. The molecule has 3 N–H and O–H groups in total. The van der Waals surface area contributed by atoms with E-state index in [0.717, 1.165) is 29.7 Å². The molecule has 1 aliphatic heterocycles. The number of hydrogen-bond acceptors (Lipinski definition) is 4. The summed E-state index contributed by atoms with van der Waals surface area (Å²) in [6, 6.07) is 11.8. The van der Waals surface area contributed by atoms with Crippen LogP contribution in [0, 0.1) is 0 Å². The Balaban J connectivity index is 1.44. The maximum absolute atomic E-state index is 13.1. The molecule has 8 nitrogen and oxygen atoms in total. The number of urea groups is 1. The maximum atomic E-state index is 13.1. The van der Waals surface area contributed by atoms with Gasteiger partial charge < -0.3 is 16.0 Å². The van der Waals surface area contributed by atoms with Gasteiger partial charge in [-0.1, -0.05) is 18.2 Å². The van der Waals surface area contributed by atoms with Gasteiger partial charge in [0.15, 0.2) is 0 Å². The summed E-state index contributed by atoms with van der Waals surface area (Å²) in [4.78, 5) is 50.1. The van der Waals surface area contributed by atoms with Gasteiger partial charge in [-0.3, -0.25) is 19.3 Å². The molecule has 1 saturated heterocycles. The van der Waals surface area contributed by atoms with Gasteiger partial charge in [0.2, 0.25) is 11.8 Å². The van der Waals surface area contributed by atoms with Crippen LogP contribution in [0.5, 0.6) is 0 Å². The van der Waals surface area contributed by atoms with E-state index in [0.29, 0.717) is 11.4 Å². The highest BCUT2D eigenvalue weighted by Gasteiger charge is 2.49. The van der Waals surface area contributed by atoms with E-state index in [1.807, 2.05) is 18.2 Å². The zero-order chi connectivity index (χ0) is 22.2. The second-order valence-electron chi connectivity index (χ2n) is 8.09. The fourth-order valence-electron chi connectivity index (χ4n) is 4.10. The molecule has 0 bridgehead atoms. The summed E-state index contributed by atoms with van der Waals surface area (Å²) in [5.41, 5.74) is 3.11. The Morgan fingerprint density at radius 3 is 2.32 bits per heavy atom. The number of rotatable bonds is 5. The third-order valence-corrected chi connectivity index (χ3v) is 5.74. The zero-order valence-electron chi connectivity index (χ0n) is 17.5. The van der Waals surface area contributed by atoms with E-state index in [4.69, 9.17) is 0 Å². The normalized spacial score (nSPS) is 19.7. The van der Waals surface area contributed by atoms with Gasteiger partial charge in [-0.05, 0) is 67.1 Å². The largest absolute Gasteiger partial charge is 0.326 e. The third kappa shape index (κ3) is 4.01. The molecule has 8 heteroatoms. The Labute approximate surface area is 180 Å². The molecule has 4 rings (SSSR count). The van der Waals surface area contributed by atoms with Crippen molar-refractivity contribution in [3.05, 3.63) is 59.2 Å². The number of nitrogens with one attached hydrogen (secondary N) is 3. The fraction of sp³-hybridized carbons (Fsp3) is 0.304. The fourth-order valence-corrected chi connectivity index (χ4v) is 4.10. The minimum atomic E-state index is -1.20. The number of imide groups is 1. The van der Waals surface area contributed by atoms with Crippen molar-refractivity contribution in [2.45, 2.75) is 38.6 Å². The summed E-state index contributed by atoms with van der Waals surface area (Å²) in [6.07, 6.45) is 3.09. The Kier molecular flexibility index (Phi) is 5.22. The Bertz CT molecular complexity index is 1080. The number of nitrogens with zero attached hydrogens (tertiary/aromatic N) is 1. The van der Waals surface area contributed by atoms with E-state index in [9.17, 15) is 19.2 Å². The summed E-state index contributed by atoms with van der Waals surface area (Å²) in [5.74, 6) is -1.14. The van der Waals surface area contributed by atoms with Crippen LogP contribution >= 0.6 is 0 Å². The van der Waals surface area contributed by atoms with E-state index in [1.165, 1.54) is 18.1 Å². The number of anilines is 2. The first-order chi connectivity index (χ1) is 14.8. The first-order valence-electron chi connectivity index (χ1n) is 10.2. The van der Waals surface area contributed by atoms with Gasteiger partial charge in [-0.2, -0.15) is 0 Å². The highest BCUT2D eigenvalue weighted by atomic mass is 16.2. The third-order valence-electron chi connectivity index (χ3n) is 5.74. The molecular weight excluding hydrogens is 396 g/mol. The molecule has 1 heterocycles. The molecule has 5 amide bonds. The number of carbonyl (C=O) groups excluding carboxylic acids is 4. The summed E-state index contributed by atoms with van der Waals surface area (Å²) in [7, 11) is 0. The van der Waals surface area contributed by atoms with Gasteiger partial charge in [0, 0.05) is 18.3 Å². The van der Waals surface area contributed by atoms with Crippen molar-refractivity contribution >= 4 is 35.1 Å². The topological polar surface area (TPSA) is 108 Å². The van der Waals surface area contributed by atoms with Crippen molar-refractivity contribution in [1.29, 1.82) is 0 Å². The SMILES string of the molecule is CC(=O)Nc1ccc(NC(=O)CN2C(=O)N[C@](C)(c3ccc4c(c3)CCC4)C2=O)cc1. The Morgan fingerprint density at radius 1 is 1.00 bits per heavy atom. The molecule has 160 valence electrons. The minimum absolute atomic E-state index is 0.193. The van der Waals surface area contributed by atoms with Crippen molar-refractivity contribution in [1.82, 2.24) is 10.2 Å². The van der Waals surface area contributed by atoms with Crippen LogP contribution in [0.15, 0.2) is 42.5 Å². The monoisotopic (exact) mass is 420 g/mol. The molecule has 0 aromatic heterocycles. The first kappa shape index (κ1) is 20.6. The van der Waals surface area contributed by atoms with Crippen molar-refractivity contribution in [2.24, 2.45) is 0 Å². The molecule has 2 aliphatic rings. The van der Waals surface area contributed by atoms with Crippen LogP contribution in [0.4, 0.5) is 16.2 Å². The number of aryl methyl sites for hydroxylation is 2. The lowest BCUT2D eigenvalue weighted by Crippen LogP contribution is -2.42. The van der Waals surface area contributed by atoms with Gasteiger partial charge in [0.1, 0.15) is 12.1 Å². The minimum Gasteiger partial charge on any atom is -0.326 e. The predicted octanol–water partition coefficient (Wildman–Crippen LogP) is 2.54. The van der Waals surface area contributed by atoms with Crippen LogP contribution in [-0.4, -0.2) is 35.2 Å². The van der Waals surface area contributed by atoms with Crippen LogP contribution in [0.25, 0.3) is 0 Å². The van der Waals surface area contributed by atoms with Gasteiger partial charge in [0.25, 0.3) is 5.91 Å². The van der Waals surface area contributed by atoms with Crippen LogP contribution in [-0.2, 0) is 32.8 Å². The molecule has 0 spiro atoms. The number of fused-ring (bicyclic) bond motifs is 1. The molecule has 0 saturated carbocycles. The standard InChI is InChI=1S/C23H24N4O4/c1-14(28)24-18-8-10-19(11-9-18)25-20(29)13-27-21(30)23(2,26-22(27)31)17-7-6-15-4-3-5-16(15)12-17/h6-12H,3-5,13H2,1-2H3,(H,24,28)(H,25,29)(H,26,31)/t23-/m1/s1. The molecule has 1 atom stereocenters. The van der Waals surface area contributed by atoms with E-state index in [2.05, 4.69) is 16.0 Å². The van der Waals surface area contributed by atoms with Gasteiger partial charge in [-0.15, -0.1) is 0 Å². The van der Waals surface area contributed by atoms with Crippen molar-refractivity contribution in [3.8, 4) is 0 Å². The predicted molar refractivity (Wildman–Crippen MR) is 115 cm³/mol. The smallest absolute Gasteiger partial charge is 0.325 e. The van der Waals surface area contributed by atoms with E-state index in [1.54, 1.807) is 31.2 Å². The number of carbonyl (C=O) groups is 4. The molecule has 1 aliphatic carbocycles. The molecular formula is C23H24N4O4. The molecule has 0 unspecified atom stereocenters. The molecule has 0 radical (unpaired) electrons. The molecule has 2 aromatic rings. The second kappa shape index (κ2) is 7.86. The second-order valence-corrected chi connectivity index (χ2v) is 8.09. The summed E-state index contributed by atoms with van der Waals surface area (Å²) >= 11 is 0. The maximum Gasteiger partial charge on any atom is 0.325 e. The van der Waals surface area contributed by atoms with Crippen LogP contribution in [0.2, 0.25) is 0 Å². The van der Waals surface area contributed by atoms with Gasteiger partial charge in [0.05, 0.1) is 0 Å². The molecule has 2 aromatic carbocycles. The highest BCUT2D eigenvalue weighted by Crippen LogP contribution is 2.32. The van der Waals surface area contributed by atoms with E-state index in [-0.39, 0.29) is 5.91 Å². The van der Waals surface area contributed by atoms with Crippen LogP contribution in [0.1, 0.15) is 37.0 Å². The lowest BCUT2D eigenvalue weighted by molar-refractivity contribution is -0.133. The molecule has 1 fully saturated rings. The van der Waals surface area contributed by atoms with Crippen LogP contribution in [0.3, 0.4) is 0 Å². The highest BCUT2D eigenvalue weighted by molar-refractivity contribution is 6.10. The van der Waals surface area contributed by atoms with E-state index < -0.39 is 29.9 Å². The Hall–Kier alpha value is -3.68. The number of hydrogen-bond donors (Lipinski definition) is 3. The number of amides is 5. The summed E-state index contributed by atoms with van der Waals surface area (Å²) in [6.45, 7) is 2.69. The lowest BCUT2D eigenvalue weighted by atomic mass is 9.89.